The molecule has 0 aliphatic carbocycles. The summed E-state index contributed by atoms with van der Waals surface area (Å²) in [6, 6.07) is 7.92. The number of aldehydes is 1. The molecular weight excluding hydrogens is 276 g/mol. The number of nitrogens with zero attached hydrogens (tertiary/aromatic N) is 3. The molecule has 0 fully saturated rings. The van der Waals surface area contributed by atoms with E-state index < -0.39 is 12.1 Å². The average molecular weight is 282 g/mol. The van der Waals surface area contributed by atoms with Crippen LogP contribution in [0.2, 0.25) is 5.15 Å². The van der Waals surface area contributed by atoms with Gasteiger partial charge in [0.15, 0.2) is 6.29 Å². The maximum atomic E-state index is 12.7. The van der Waals surface area contributed by atoms with Gasteiger partial charge in [-0.2, -0.15) is 10.4 Å². The van der Waals surface area contributed by atoms with Gasteiger partial charge >= 0.3 is 0 Å². The van der Waals surface area contributed by atoms with Gasteiger partial charge in [0.25, 0.3) is 6.43 Å². The monoisotopic (exact) mass is 281 g/mol. The average Bonchev–Trinajstić information content (AvgIpc) is 2.76. The van der Waals surface area contributed by atoms with E-state index in [1.54, 1.807) is 0 Å². The van der Waals surface area contributed by atoms with Gasteiger partial charge in [-0.1, -0.05) is 11.6 Å². The Labute approximate surface area is 111 Å². The molecule has 0 radical (unpaired) electrons. The molecule has 0 atom stereocenters. The number of halogens is 3. The number of carbonyl (C=O) groups is 1. The third-order valence-electron chi connectivity index (χ3n) is 2.46. The molecule has 2 aromatic rings. The summed E-state index contributed by atoms with van der Waals surface area (Å²) in [5.74, 6) is 0. The van der Waals surface area contributed by atoms with E-state index in [0.29, 0.717) is 11.3 Å². The van der Waals surface area contributed by atoms with Crippen LogP contribution in [0.5, 0.6) is 0 Å². The Morgan fingerprint density at radius 1 is 1.37 bits per heavy atom. The highest BCUT2D eigenvalue weighted by atomic mass is 35.5. The van der Waals surface area contributed by atoms with Crippen LogP contribution in [0.4, 0.5) is 8.78 Å². The number of nitriles is 1. The largest absolute Gasteiger partial charge is 0.298 e. The third kappa shape index (κ3) is 2.33. The van der Waals surface area contributed by atoms with Gasteiger partial charge in [-0.05, 0) is 24.3 Å². The van der Waals surface area contributed by atoms with Crippen molar-refractivity contribution in [1.29, 1.82) is 5.26 Å². The lowest BCUT2D eigenvalue weighted by molar-refractivity contribution is 0.110. The van der Waals surface area contributed by atoms with Crippen molar-refractivity contribution >= 4 is 17.9 Å². The van der Waals surface area contributed by atoms with Crippen molar-refractivity contribution in [2.75, 3.05) is 0 Å². The summed E-state index contributed by atoms with van der Waals surface area (Å²) in [5.41, 5.74) is -0.193. The van der Waals surface area contributed by atoms with Gasteiger partial charge in [0.2, 0.25) is 0 Å². The summed E-state index contributed by atoms with van der Waals surface area (Å²) in [5, 5.41) is 12.1. The maximum absolute atomic E-state index is 12.7. The Morgan fingerprint density at radius 3 is 2.42 bits per heavy atom. The Kier molecular flexibility index (Phi) is 3.58. The van der Waals surface area contributed by atoms with Crippen molar-refractivity contribution in [1.82, 2.24) is 9.78 Å². The predicted octanol–water partition coefficient (Wildman–Crippen LogP) is 3.15. The fourth-order valence-corrected chi connectivity index (χ4v) is 1.82. The quantitative estimate of drug-likeness (QED) is 0.812. The summed E-state index contributed by atoms with van der Waals surface area (Å²) in [4.78, 5) is 10.8. The number of benzene rings is 1. The minimum absolute atomic E-state index is 0.185. The smallest absolute Gasteiger partial charge is 0.282 e. The van der Waals surface area contributed by atoms with E-state index in [-0.39, 0.29) is 17.0 Å². The minimum atomic E-state index is -2.89. The first kappa shape index (κ1) is 13.2. The zero-order valence-electron chi connectivity index (χ0n) is 9.35. The zero-order chi connectivity index (χ0) is 14.0. The lowest BCUT2D eigenvalue weighted by Crippen LogP contribution is -1.97. The van der Waals surface area contributed by atoms with Crippen LogP contribution in [0.3, 0.4) is 0 Å². The first-order valence-corrected chi connectivity index (χ1v) is 5.48. The van der Waals surface area contributed by atoms with E-state index in [1.807, 2.05) is 6.07 Å². The SMILES string of the molecule is N#Cc1ccc(-n2nc(C(F)F)c(C=O)c2Cl)cc1. The molecule has 1 aromatic carbocycles. The molecule has 4 nitrogen and oxygen atoms in total. The first-order valence-electron chi connectivity index (χ1n) is 5.10. The normalized spacial score (nSPS) is 10.5. The fourth-order valence-electron chi connectivity index (χ4n) is 1.54. The van der Waals surface area contributed by atoms with Crippen molar-refractivity contribution in [2.24, 2.45) is 0 Å². The van der Waals surface area contributed by atoms with Crippen LogP contribution in [-0.2, 0) is 0 Å². The van der Waals surface area contributed by atoms with Crippen molar-refractivity contribution in [3.05, 3.63) is 46.2 Å². The van der Waals surface area contributed by atoms with Crippen LogP contribution in [0.15, 0.2) is 24.3 Å². The van der Waals surface area contributed by atoms with Crippen LogP contribution in [0.1, 0.15) is 28.0 Å². The number of aromatic nitrogens is 2. The number of hydrogen-bond donors (Lipinski definition) is 0. The summed E-state index contributed by atoms with van der Waals surface area (Å²) >= 11 is 5.85. The van der Waals surface area contributed by atoms with Crippen LogP contribution < -0.4 is 0 Å². The lowest BCUT2D eigenvalue weighted by Gasteiger charge is -2.02. The maximum Gasteiger partial charge on any atom is 0.282 e. The molecular formula is C12H6ClF2N3O. The number of hydrogen-bond acceptors (Lipinski definition) is 3. The minimum Gasteiger partial charge on any atom is -0.298 e. The Morgan fingerprint density at radius 2 is 2.00 bits per heavy atom. The molecule has 1 aromatic heterocycles. The van der Waals surface area contributed by atoms with E-state index in [4.69, 9.17) is 16.9 Å². The van der Waals surface area contributed by atoms with Gasteiger partial charge in [-0.15, -0.1) is 0 Å². The van der Waals surface area contributed by atoms with Gasteiger partial charge in [0, 0.05) is 0 Å². The fraction of sp³-hybridized carbons (Fsp3) is 0.0833. The highest BCUT2D eigenvalue weighted by Gasteiger charge is 2.23. The second kappa shape index (κ2) is 5.16. The van der Waals surface area contributed by atoms with Gasteiger partial charge in [-0.25, -0.2) is 13.5 Å². The Balaban J connectivity index is 2.56. The van der Waals surface area contributed by atoms with E-state index in [2.05, 4.69) is 5.10 Å². The molecule has 0 N–H and O–H groups in total. The molecule has 7 heteroatoms. The highest BCUT2D eigenvalue weighted by Crippen LogP contribution is 2.28. The molecule has 0 aliphatic rings. The van der Waals surface area contributed by atoms with Gasteiger partial charge < -0.3 is 0 Å². The summed E-state index contributed by atoms with van der Waals surface area (Å²) in [7, 11) is 0. The molecule has 2 rings (SSSR count). The molecule has 1 heterocycles. The Bertz CT molecular complexity index is 659. The number of carbonyl (C=O) groups excluding carboxylic acids is 1. The first-order chi connectivity index (χ1) is 9.08. The van der Waals surface area contributed by atoms with Gasteiger partial charge in [0.05, 0.1) is 22.9 Å². The Hall–Kier alpha value is -2.26. The van der Waals surface area contributed by atoms with E-state index in [9.17, 15) is 13.6 Å². The predicted molar refractivity (Wildman–Crippen MR) is 63.6 cm³/mol. The van der Waals surface area contributed by atoms with E-state index >= 15 is 0 Å². The van der Waals surface area contributed by atoms with Crippen molar-refractivity contribution in [3.8, 4) is 11.8 Å². The van der Waals surface area contributed by atoms with Gasteiger partial charge in [-0.3, -0.25) is 4.79 Å². The second-order valence-electron chi connectivity index (χ2n) is 3.58. The van der Waals surface area contributed by atoms with Crippen LogP contribution in [0.25, 0.3) is 5.69 Å². The second-order valence-corrected chi connectivity index (χ2v) is 3.94. The zero-order valence-corrected chi connectivity index (χ0v) is 10.1. The molecule has 0 saturated heterocycles. The van der Waals surface area contributed by atoms with Crippen molar-refractivity contribution < 1.29 is 13.6 Å². The number of alkyl halides is 2. The molecule has 0 bridgehead atoms. The highest BCUT2D eigenvalue weighted by molar-refractivity contribution is 6.32. The summed E-state index contributed by atoms with van der Waals surface area (Å²) in [6.45, 7) is 0. The third-order valence-corrected chi connectivity index (χ3v) is 2.82. The van der Waals surface area contributed by atoms with E-state index in [1.165, 1.54) is 24.3 Å². The lowest BCUT2D eigenvalue weighted by atomic mass is 10.2. The van der Waals surface area contributed by atoms with Crippen molar-refractivity contribution in [3.63, 3.8) is 0 Å². The topological polar surface area (TPSA) is 58.7 Å². The molecule has 96 valence electrons. The van der Waals surface area contributed by atoms with Crippen LogP contribution in [-0.4, -0.2) is 16.1 Å². The van der Waals surface area contributed by atoms with Crippen LogP contribution >= 0.6 is 11.6 Å². The molecule has 19 heavy (non-hydrogen) atoms. The molecule has 0 spiro atoms. The number of rotatable bonds is 3. The van der Waals surface area contributed by atoms with Crippen molar-refractivity contribution in [2.45, 2.75) is 6.43 Å². The molecule has 0 aliphatic heterocycles. The van der Waals surface area contributed by atoms with E-state index in [0.717, 1.165) is 4.68 Å². The van der Waals surface area contributed by atoms with Crippen LogP contribution in [0, 0.1) is 11.3 Å². The molecule has 0 saturated carbocycles. The summed E-state index contributed by atoms with van der Waals surface area (Å²) < 4.78 is 26.4. The van der Waals surface area contributed by atoms with Gasteiger partial charge in [0.1, 0.15) is 10.8 Å². The molecule has 0 unspecified atom stereocenters. The standard InChI is InChI=1S/C12H6ClF2N3O/c13-11-9(6-19)10(12(14)15)17-18(11)8-3-1-7(5-16)2-4-8/h1-4,6,12H. The molecule has 0 amide bonds. The summed E-state index contributed by atoms with van der Waals surface area (Å²) in [6.07, 6.45) is -2.64.